The number of nitrogens with one attached hydrogen (secondary N) is 1. The van der Waals surface area contributed by atoms with Gasteiger partial charge in [-0.15, -0.1) is 0 Å². The Balaban J connectivity index is 1.60. The van der Waals surface area contributed by atoms with Crippen LogP contribution in [-0.4, -0.2) is 29.4 Å². The van der Waals surface area contributed by atoms with Crippen LogP contribution in [0.1, 0.15) is 23.7 Å². The van der Waals surface area contributed by atoms with Crippen LogP contribution in [0.25, 0.3) is 5.69 Å². The van der Waals surface area contributed by atoms with Crippen molar-refractivity contribution in [3.63, 3.8) is 0 Å². The largest absolute Gasteiger partial charge is 0.497 e. The van der Waals surface area contributed by atoms with Crippen LogP contribution in [0.4, 0.5) is 0 Å². The summed E-state index contributed by atoms with van der Waals surface area (Å²) in [5, 5.41) is 3.13. The first-order valence-corrected chi connectivity index (χ1v) is 8.93. The summed E-state index contributed by atoms with van der Waals surface area (Å²) in [6, 6.07) is 13.0. The zero-order valence-electron chi connectivity index (χ0n) is 16.0. The molecule has 0 fully saturated rings. The monoisotopic (exact) mass is 379 g/mol. The summed E-state index contributed by atoms with van der Waals surface area (Å²) >= 11 is 0. The Morgan fingerprint density at radius 1 is 1.18 bits per heavy atom. The normalized spacial score (nSPS) is 13.0. The summed E-state index contributed by atoms with van der Waals surface area (Å²) < 4.78 is 17.4. The number of aromatic nitrogens is 2. The number of hydrogen-bond donors (Lipinski definition) is 1. The van der Waals surface area contributed by atoms with E-state index in [-0.39, 0.29) is 12.4 Å². The number of fused-ring (bicyclic) bond motifs is 1. The molecule has 0 saturated heterocycles. The fraction of sp³-hybridized carbons (Fsp3) is 0.238. The highest BCUT2D eigenvalue weighted by Crippen LogP contribution is 2.32. The van der Waals surface area contributed by atoms with Crippen molar-refractivity contribution in [2.24, 2.45) is 4.99 Å². The fourth-order valence-electron chi connectivity index (χ4n) is 3.21. The Morgan fingerprint density at radius 3 is 2.68 bits per heavy atom. The molecule has 1 aromatic heterocycles. The molecular weight excluding hydrogens is 358 g/mol. The van der Waals surface area contributed by atoms with Gasteiger partial charge in [0.2, 0.25) is 6.79 Å². The molecule has 0 amide bonds. The molecule has 2 aromatic carbocycles. The van der Waals surface area contributed by atoms with E-state index in [2.05, 4.69) is 10.1 Å². The van der Waals surface area contributed by atoms with Crippen LogP contribution in [0.2, 0.25) is 0 Å². The summed E-state index contributed by atoms with van der Waals surface area (Å²) in [4.78, 5) is 17.5. The van der Waals surface area contributed by atoms with Gasteiger partial charge in [-0.3, -0.25) is 14.9 Å². The first kappa shape index (κ1) is 17.9. The quantitative estimate of drug-likeness (QED) is 0.691. The van der Waals surface area contributed by atoms with E-state index < -0.39 is 0 Å². The van der Waals surface area contributed by atoms with E-state index in [1.807, 2.05) is 56.3 Å². The molecule has 1 aliphatic heterocycles. The second-order valence-electron chi connectivity index (χ2n) is 6.54. The maximum atomic E-state index is 12.9. The number of benzene rings is 2. The van der Waals surface area contributed by atoms with Crippen molar-refractivity contribution in [3.05, 3.63) is 69.6 Å². The van der Waals surface area contributed by atoms with Gasteiger partial charge >= 0.3 is 0 Å². The van der Waals surface area contributed by atoms with E-state index in [0.717, 1.165) is 34.2 Å². The minimum Gasteiger partial charge on any atom is -0.497 e. The van der Waals surface area contributed by atoms with E-state index in [1.165, 1.54) is 4.68 Å². The number of nitrogens with zero attached hydrogens (tertiary/aromatic N) is 2. The third-order valence-electron chi connectivity index (χ3n) is 4.70. The van der Waals surface area contributed by atoms with Crippen molar-refractivity contribution in [3.8, 4) is 22.9 Å². The molecule has 28 heavy (non-hydrogen) atoms. The second kappa shape index (κ2) is 7.26. The summed E-state index contributed by atoms with van der Waals surface area (Å²) in [6.07, 6.45) is 0. The number of aryl methyl sites for hydroxylation is 1. The Labute approximate surface area is 162 Å². The highest BCUT2D eigenvalue weighted by atomic mass is 16.7. The summed E-state index contributed by atoms with van der Waals surface area (Å²) in [5.74, 6) is 2.21. The Kier molecular flexibility index (Phi) is 4.65. The molecule has 3 aromatic rings. The lowest BCUT2D eigenvalue weighted by atomic mass is 10.1. The van der Waals surface area contributed by atoms with Gasteiger partial charge < -0.3 is 14.2 Å². The second-order valence-corrected chi connectivity index (χ2v) is 6.54. The van der Waals surface area contributed by atoms with Crippen LogP contribution in [0.15, 0.2) is 52.3 Å². The number of methoxy groups -OCH3 is 1. The predicted molar refractivity (Wildman–Crippen MR) is 106 cm³/mol. The van der Waals surface area contributed by atoms with Crippen molar-refractivity contribution in [2.45, 2.75) is 20.4 Å². The van der Waals surface area contributed by atoms with Crippen LogP contribution < -0.4 is 19.8 Å². The standard InChI is InChI=1S/C21H21N3O4/c1-13(22-11-15-4-9-18-19(10-15)28-12-27-18)20-14(2)23-24(21(20)25)16-5-7-17(26-3)8-6-16/h4-10,23H,11-12H2,1-3H3. The van der Waals surface area contributed by atoms with E-state index >= 15 is 0 Å². The molecule has 7 heteroatoms. The average Bonchev–Trinajstić information content (AvgIpc) is 3.29. The van der Waals surface area contributed by atoms with Gasteiger partial charge in [0.25, 0.3) is 5.56 Å². The van der Waals surface area contributed by atoms with Crippen molar-refractivity contribution >= 4 is 5.71 Å². The van der Waals surface area contributed by atoms with Crippen molar-refractivity contribution in [1.29, 1.82) is 0 Å². The van der Waals surface area contributed by atoms with Gasteiger partial charge in [-0.05, 0) is 55.8 Å². The Morgan fingerprint density at radius 2 is 1.93 bits per heavy atom. The van der Waals surface area contributed by atoms with Gasteiger partial charge in [0, 0.05) is 11.4 Å². The topological polar surface area (TPSA) is 77.8 Å². The van der Waals surface area contributed by atoms with Gasteiger partial charge in [0.1, 0.15) is 5.75 Å². The number of ether oxygens (including phenoxy) is 3. The lowest BCUT2D eigenvalue weighted by Crippen LogP contribution is -2.19. The first-order chi connectivity index (χ1) is 13.6. The smallest absolute Gasteiger partial charge is 0.280 e. The molecule has 0 spiro atoms. The zero-order valence-corrected chi connectivity index (χ0v) is 16.0. The molecule has 0 unspecified atom stereocenters. The van der Waals surface area contributed by atoms with Crippen LogP contribution in [0, 0.1) is 6.92 Å². The zero-order chi connectivity index (χ0) is 19.7. The molecule has 4 rings (SSSR count). The highest BCUT2D eigenvalue weighted by molar-refractivity contribution is 5.99. The van der Waals surface area contributed by atoms with Gasteiger partial charge in [0.15, 0.2) is 11.5 Å². The van der Waals surface area contributed by atoms with E-state index in [1.54, 1.807) is 7.11 Å². The van der Waals surface area contributed by atoms with Crippen LogP contribution in [0.3, 0.4) is 0 Å². The van der Waals surface area contributed by atoms with E-state index in [9.17, 15) is 4.79 Å². The molecule has 0 radical (unpaired) electrons. The molecular formula is C21H21N3O4. The molecule has 1 N–H and O–H groups in total. The molecule has 0 aliphatic carbocycles. The van der Waals surface area contributed by atoms with Gasteiger partial charge in [0.05, 0.1) is 24.9 Å². The van der Waals surface area contributed by atoms with Crippen LogP contribution in [0.5, 0.6) is 17.2 Å². The molecule has 2 heterocycles. The third kappa shape index (κ3) is 3.26. The van der Waals surface area contributed by atoms with Crippen molar-refractivity contribution < 1.29 is 14.2 Å². The molecule has 144 valence electrons. The molecule has 0 atom stereocenters. The maximum Gasteiger partial charge on any atom is 0.280 e. The molecule has 0 saturated carbocycles. The lowest BCUT2D eigenvalue weighted by Gasteiger charge is -2.03. The SMILES string of the molecule is COc1ccc(-n2[nH]c(C)c(C(C)=NCc3ccc4c(c3)OCO4)c2=O)cc1. The number of hydrogen-bond acceptors (Lipinski definition) is 5. The minimum absolute atomic E-state index is 0.130. The average molecular weight is 379 g/mol. The lowest BCUT2D eigenvalue weighted by molar-refractivity contribution is 0.174. The predicted octanol–water partition coefficient (Wildman–Crippen LogP) is 3.22. The van der Waals surface area contributed by atoms with Crippen LogP contribution in [-0.2, 0) is 6.54 Å². The number of aromatic amines is 1. The summed E-state index contributed by atoms with van der Waals surface area (Å²) in [7, 11) is 1.61. The number of rotatable bonds is 5. The Hall–Kier alpha value is -3.48. The maximum absolute atomic E-state index is 12.9. The van der Waals surface area contributed by atoms with Gasteiger partial charge in [-0.2, -0.15) is 0 Å². The van der Waals surface area contributed by atoms with E-state index in [0.29, 0.717) is 17.8 Å². The van der Waals surface area contributed by atoms with Crippen molar-refractivity contribution in [2.75, 3.05) is 13.9 Å². The fourth-order valence-corrected chi connectivity index (χ4v) is 3.21. The number of H-pyrrole nitrogens is 1. The van der Waals surface area contributed by atoms with Crippen molar-refractivity contribution in [1.82, 2.24) is 9.78 Å². The van der Waals surface area contributed by atoms with Gasteiger partial charge in [-0.1, -0.05) is 6.07 Å². The van der Waals surface area contributed by atoms with E-state index in [4.69, 9.17) is 14.2 Å². The molecule has 0 bridgehead atoms. The highest BCUT2D eigenvalue weighted by Gasteiger charge is 2.16. The number of aliphatic imine (C=N–C) groups is 1. The third-order valence-corrected chi connectivity index (χ3v) is 4.70. The summed E-state index contributed by atoms with van der Waals surface area (Å²) in [5.41, 5.74) is 3.64. The molecule has 7 nitrogen and oxygen atoms in total. The summed E-state index contributed by atoms with van der Waals surface area (Å²) in [6.45, 7) is 4.42. The molecule has 1 aliphatic rings. The minimum atomic E-state index is -0.130. The first-order valence-electron chi connectivity index (χ1n) is 8.93. The van der Waals surface area contributed by atoms with Crippen LogP contribution >= 0.6 is 0 Å². The Bertz CT molecular complexity index is 1090. The van der Waals surface area contributed by atoms with Gasteiger partial charge in [-0.25, -0.2) is 4.68 Å².